The van der Waals surface area contributed by atoms with E-state index in [9.17, 15) is 0 Å². The molecule has 3 unspecified atom stereocenters. The van der Waals surface area contributed by atoms with Crippen LogP contribution in [0.15, 0.2) is 65.4 Å². The predicted octanol–water partition coefficient (Wildman–Crippen LogP) is 2.96. The molecule has 0 radical (unpaired) electrons. The third kappa shape index (κ3) is 2.67. The molecule has 0 bridgehead atoms. The Morgan fingerprint density at radius 2 is 1.64 bits per heavy atom. The van der Waals surface area contributed by atoms with E-state index in [0.29, 0.717) is 5.92 Å². The summed E-state index contributed by atoms with van der Waals surface area (Å²) >= 11 is 0. The van der Waals surface area contributed by atoms with Crippen LogP contribution in [0.2, 0.25) is 0 Å². The lowest BCUT2D eigenvalue weighted by Crippen LogP contribution is -2.37. The highest BCUT2D eigenvalue weighted by Crippen LogP contribution is 2.32. The predicted molar refractivity (Wildman–Crippen MR) is 108 cm³/mol. The molecule has 1 aromatic carbocycles. The van der Waals surface area contributed by atoms with Crippen molar-refractivity contribution in [3.05, 3.63) is 81.4 Å². The smallest absolute Gasteiger partial charge is 0.196 e. The molecule has 2 heterocycles. The summed E-state index contributed by atoms with van der Waals surface area (Å²) in [5.41, 5.74) is 3.49. The summed E-state index contributed by atoms with van der Waals surface area (Å²) in [6.07, 6.45) is 18.5. The molecule has 3 aliphatic carbocycles. The summed E-state index contributed by atoms with van der Waals surface area (Å²) in [6.45, 7) is 0. The number of hydrogen-bond donors (Lipinski definition) is 2. The van der Waals surface area contributed by atoms with Gasteiger partial charge in [0.15, 0.2) is 12.5 Å². The molecule has 6 rings (SSSR count). The topological polar surface area (TPSA) is 42.5 Å². The van der Waals surface area contributed by atoms with Gasteiger partial charge in [0.1, 0.15) is 11.5 Å². The Bertz CT molecular complexity index is 1080. The lowest BCUT2D eigenvalue weighted by molar-refractivity contribution is 0.0925. The molecule has 0 saturated carbocycles. The average Bonchev–Trinajstić information content (AvgIpc) is 3.37. The zero-order valence-electron chi connectivity index (χ0n) is 15.8. The first-order chi connectivity index (χ1) is 13.8. The lowest BCUT2D eigenvalue weighted by atomic mass is 9.94. The molecule has 0 saturated heterocycles. The molecule has 3 atom stereocenters. The van der Waals surface area contributed by atoms with E-state index in [2.05, 4.69) is 65.3 Å². The van der Waals surface area contributed by atoms with Crippen molar-refractivity contribution in [2.24, 2.45) is 5.92 Å². The van der Waals surface area contributed by atoms with Crippen LogP contribution in [0.4, 0.5) is 0 Å². The first kappa shape index (κ1) is 16.1. The second kappa shape index (κ2) is 6.33. The summed E-state index contributed by atoms with van der Waals surface area (Å²) in [6, 6.07) is 6.66. The van der Waals surface area contributed by atoms with Crippen LogP contribution < -0.4 is 21.1 Å². The highest BCUT2D eigenvalue weighted by molar-refractivity contribution is 5.44. The summed E-state index contributed by atoms with van der Waals surface area (Å²) in [7, 11) is 0. The monoisotopic (exact) mass is 372 g/mol. The van der Waals surface area contributed by atoms with Gasteiger partial charge in [0, 0.05) is 24.3 Å². The van der Waals surface area contributed by atoms with Gasteiger partial charge < -0.3 is 20.1 Å². The largest absolute Gasteiger partial charge is 0.472 e. The molecule has 28 heavy (non-hydrogen) atoms. The molecule has 1 aromatic rings. The van der Waals surface area contributed by atoms with Crippen LogP contribution >= 0.6 is 0 Å². The molecule has 0 aromatic heterocycles. The zero-order chi connectivity index (χ0) is 18.5. The van der Waals surface area contributed by atoms with Crippen LogP contribution in [-0.4, -0.2) is 6.23 Å². The molecule has 0 amide bonds. The Balaban J connectivity index is 1.22. The average molecular weight is 372 g/mol. The van der Waals surface area contributed by atoms with Gasteiger partial charge in [-0.15, -0.1) is 0 Å². The van der Waals surface area contributed by atoms with E-state index < -0.39 is 0 Å². The minimum Gasteiger partial charge on any atom is -0.472 e. The maximum Gasteiger partial charge on any atom is 0.196 e. The van der Waals surface area contributed by atoms with Crippen molar-refractivity contribution in [2.75, 3.05) is 0 Å². The van der Waals surface area contributed by atoms with Gasteiger partial charge in [-0.25, -0.2) is 0 Å². The fourth-order valence-corrected chi connectivity index (χ4v) is 4.64. The standard InChI is InChI=1S/C24H24N2O2/c1-3-7-21-19(5-1)25-23(27-21)17-11-9-16-14-18(12-10-15(16)13-17)24-26-20-6-2-4-8-22(20)28-24/h1-2,5-6,9-11,13-14,18,23-26H,3-4,7-8,12H2. The first-order valence-electron chi connectivity index (χ1n) is 10.3. The second-order valence-electron chi connectivity index (χ2n) is 8.04. The molecule has 5 aliphatic rings. The first-order valence-corrected chi connectivity index (χ1v) is 10.3. The number of hydrogen-bond acceptors (Lipinski definition) is 4. The molecule has 4 nitrogen and oxygen atoms in total. The van der Waals surface area contributed by atoms with E-state index in [-0.39, 0.29) is 12.5 Å². The minimum absolute atomic E-state index is 0.0411. The zero-order valence-corrected chi connectivity index (χ0v) is 15.8. The molecule has 2 N–H and O–H groups in total. The maximum atomic E-state index is 6.20. The molecular weight excluding hydrogens is 348 g/mol. The van der Waals surface area contributed by atoms with Crippen molar-refractivity contribution in [2.45, 2.75) is 44.6 Å². The lowest BCUT2D eigenvalue weighted by Gasteiger charge is -2.23. The number of ether oxygens (including phenoxy) is 2. The third-order valence-corrected chi connectivity index (χ3v) is 6.17. The number of benzene rings is 1. The van der Waals surface area contributed by atoms with Gasteiger partial charge in [0.25, 0.3) is 0 Å². The minimum atomic E-state index is -0.0771. The van der Waals surface area contributed by atoms with Crippen LogP contribution in [0.25, 0.3) is 12.2 Å². The molecule has 4 heteroatoms. The van der Waals surface area contributed by atoms with Gasteiger partial charge in [-0.3, -0.25) is 0 Å². The Hall–Kier alpha value is -2.88. The van der Waals surface area contributed by atoms with Gasteiger partial charge in [-0.2, -0.15) is 0 Å². The van der Waals surface area contributed by atoms with Crippen molar-refractivity contribution in [3.63, 3.8) is 0 Å². The number of rotatable bonds is 2. The Morgan fingerprint density at radius 3 is 2.43 bits per heavy atom. The molecule has 0 fully saturated rings. The van der Waals surface area contributed by atoms with Gasteiger partial charge >= 0.3 is 0 Å². The number of allylic oxidation sites excluding steroid dienone is 6. The van der Waals surface area contributed by atoms with E-state index in [0.717, 1.165) is 49.3 Å². The van der Waals surface area contributed by atoms with Crippen LogP contribution in [0.5, 0.6) is 0 Å². The Morgan fingerprint density at radius 1 is 0.857 bits per heavy atom. The van der Waals surface area contributed by atoms with E-state index in [1.807, 2.05) is 0 Å². The number of nitrogens with one attached hydrogen (secondary N) is 2. The molecule has 0 spiro atoms. The van der Waals surface area contributed by atoms with E-state index in [4.69, 9.17) is 9.47 Å². The van der Waals surface area contributed by atoms with Crippen molar-refractivity contribution < 1.29 is 9.47 Å². The van der Waals surface area contributed by atoms with Crippen LogP contribution in [0.3, 0.4) is 0 Å². The summed E-state index contributed by atoms with van der Waals surface area (Å²) < 4.78 is 12.4. The van der Waals surface area contributed by atoms with Crippen molar-refractivity contribution in [1.29, 1.82) is 0 Å². The van der Waals surface area contributed by atoms with Crippen LogP contribution in [0.1, 0.15) is 43.9 Å². The summed E-state index contributed by atoms with van der Waals surface area (Å²) in [4.78, 5) is 0. The quantitative estimate of drug-likeness (QED) is 0.838. The van der Waals surface area contributed by atoms with E-state index >= 15 is 0 Å². The normalized spacial score (nSPS) is 29.5. The van der Waals surface area contributed by atoms with Crippen LogP contribution in [0, 0.1) is 5.92 Å². The second-order valence-corrected chi connectivity index (χ2v) is 8.04. The van der Waals surface area contributed by atoms with Crippen molar-refractivity contribution in [3.8, 4) is 0 Å². The van der Waals surface area contributed by atoms with E-state index in [1.165, 1.54) is 21.7 Å². The van der Waals surface area contributed by atoms with Gasteiger partial charge in [0.05, 0.1) is 11.4 Å². The van der Waals surface area contributed by atoms with Gasteiger partial charge in [-0.05, 0) is 47.9 Å². The fraction of sp³-hybridized carbons (Fsp3) is 0.333. The van der Waals surface area contributed by atoms with Gasteiger partial charge in [0.2, 0.25) is 0 Å². The molecule has 2 aliphatic heterocycles. The maximum absolute atomic E-state index is 6.20. The highest BCUT2D eigenvalue weighted by atomic mass is 16.5. The Kier molecular flexibility index (Phi) is 3.64. The van der Waals surface area contributed by atoms with Crippen molar-refractivity contribution >= 4 is 12.2 Å². The van der Waals surface area contributed by atoms with Gasteiger partial charge in [-0.1, -0.05) is 36.4 Å². The summed E-state index contributed by atoms with van der Waals surface area (Å²) in [5, 5.41) is 9.62. The third-order valence-electron chi connectivity index (χ3n) is 6.17. The van der Waals surface area contributed by atoms with Crippen LogP contribution in [-0.2, 0) is 9.47 Å². The van der Waals surface area contributed by atoms with E-state index in [1.54, 1.807) is 0 Å². The molecular formula is C24H24N2O2. The summed E-state index contributed by atoms with van der Waals surface area (Å²) in [5.74, 6) is 2.56. The molecule has 142 valence electrons. The number of fused-ring (bicyclic) bond motifs is 1. The van der Waals surface area contributed by atoms with Crippen molar-refractivity contribution in [1.82, 2.24) is 10.6 Å². The fourth-order valence-electron chi connectivity index (χ4n) is 4.64. The highest BCUT2D eigenvalue weighted by Gasteiger charge is 2.31. The Labute approximate surface area is 164 Å². The SMILES string of the molecule is C1=CC2=C(CC1)OC(c1ccc3c(c1)=CCC(C1NC4=C(CCC=C4)O1)C=3)N2.